The van der Waals surface area contributed by atoms with E-state index in [1.807, 2.05) is 24.5 Å². The summed E-state index contributed by atoms with van der Waals surface area (Å²) in [5, 5.41) is 0. The third-order valence-corrected chi connectivity index (χ3v) is 5.72. The van der Waals surface area contributed by atoms with Crippen molar-refractivity contribution in [3.63, 3.8) is 0 Å². The number of ether oxygens (including phenoxy) is 1. The Bertz CT molecular complexity index is 525. The number of pyridine rings is 1. The van der Waals surface area contributed by atoms with Crippen LogP contribution in [0.15, 0.2) is 24.5 Å². The maximum atomic E-state index is 12.9. The minimum absolute atomic E-state index is 0.315. The summed E-state index contributed by atoms with van der Waals surface area (Å²) in [4.78, 5) is 21.5. The molecule has 2 fully saturated rings. The lowest BCUT2D eigenvalue weighted by atomic mass is 10.0. The van der Waals surface area contributed by atoms with E-state index in [9.17, 15) is 4.79 Å². The van der Waals surface area contributed by atoms with E-state index in [0.29, 0.717) is 18.9 Å². The number of nitrogens with zero attached hydrogens (tertiary/aromatic N) is 3. The first kappa shape index (κ1) is 19.3. The number of carbonyl (C=O) groups excluding carboxylic acids is 1. The molecular weight excluding hydrogens is 326 g/mol. The van der Waals surface area contributed by atoms with Gasteiger partial charge in [-0.3, -0.25) is 14.7 Å². The normalized spacial score (nSPS) is 18.9. The predicted molar refractivity (Wildman–Crippen MR) is 103 cm³/mol. The second-order valence-electron chi connectivity index (χ2n) is 7.67. The Morgan fingerprint density at radius 1 is 1.19 bits per heavy atom. The third-order valence-electron chi connectivity index (χ3n) is 5.72. The minimum atomic E-state index is 0.315. The molecule has 2 heterocycles. The summed E-state index contributed by atoms with van der Waals surface area (Å²) in [6.45, 7) is 6.28. The number of hydrogen-bond donors (Lipinski definition) is 0. The Hall–Kier alpha value is -1.46. The van der Waals surface area contributed by atoms with Crippen LogP contribution in [0.4, 0.5) is 0 Å². The van der Waals surface area contributed by atoms with Gasteiger partial charge >= 0.3 is 0 Å². The van der Waals surface area contributed by atoms with Crippen LogP contribution in [0, 0.1) is 5.92 Å². The van der Waals surface area contributed by atoms with Crippen LogP contribution in [-0.4, -0.2) is 60.1 Å². The van der Waals surface area contributed by atoms with Crippen molar-refractivity contribution in [2.75, 3.05) is 39.4 Å². The molecule has 0 aromatic carbocycles. The van der Waals surface area contributed by atoms with Gasteiger partial charge in [0.05, 0.1) is 13.2 Å². The summed E-state index contributed by atoms with van der Waals surface area (Å²) in [5.41, 5.74) is 1.17. The zero-order valence-electron chi connectivity index (χ0n) is 15.9. The third kappa shape index (κ3) is 6.36. The van der Waals surface area contributed by atoms with Gasteiger partial charge in [0.1, 0.15) is 0 Å². The number of amides is 1. The molecule has 5 heteroatoms. The molecule has 3 rings (SSSR count). The van der Waals surface area contributed by atoms with E-state index < -0.39 is 0 Å². The molecule has 5 nitrogen and oxygen atoms in total. The second kappa shape index (κ2) is 10.6. The molecule has 1 amide bonds. The Morgan fingerprint density at radius 2 is 1.92 bits per heavy atom. The van der Waals surface area contributed by atoms with E-state index in [-0.39, 0.29) is 0 Å². The largest absolute Gasteiger partial charge is 0.379 e. The average molecular weight is 360 g/mol. The molecule has 1 saturated carbocycles. The molecule has 2 aliphatic rings. The van der Waals surface area contributed by atoms with Crippen LogP contribution >= 0.6 is 0 Å². The fraction of sp³-hybridized carbons (Fsp3) is 0.714. The maximum Gasteiger partial charge on any atom is 0.222 e. The molecule has 0 unspecified atom stereocenters. The van der Waals surface area contributed by atoms with E-state index in [2.05, 4.69) is 14.8 Å². The summed E-state index contributed by atoms with van der Waals surface area (Å²) >= 11 is 0. The van der Waals surface area contributed by atoms with Gasteiger partial charge in [0.2, 0.25) is 5.91 Å². The molecular formula is C21H33N3O2. The lowest BCUT2D eigenvalue weighted by Crippen LogP contribution is -2.39. The van der Waals surface area contributed by atoms with Crippen molar-refractivity contribution < 1.29 is 9.53 Å². The number of aromatic nitrogens is 1. The smallest absolute Gasteiger partial charge is 0.222 e. The SMILES string of the molecule is O=C(CCC1CCCC1)N(CCCN1CCOCC1)Cc1ccncc1. The standard InChI is InChI=1S/C21H33N3O2/c25-21(7-6-19-4-1-2-5-19)24(18-20-8-10-22-11-9-20)13-3-12-23-14-16-26-17-15-23/h8-11,19H,1-7,12-18H2. The fourth-order valence-electron chi connectivity index (χ4n) is 4.10. The molecule has 1 aromatic heterocycles. The zero-order valence-corrected chi connectivity index (χ0v) is 15.9. The Kier molecular flexibility index (Phi) is 7.89. The lowest BCUT2D eigenvalue weighted by molar-refractivity contribution is -0.132. The lowest BCUT2D eigenvalue weighted by Gasteiger charge is -2.28. The van der Waals surface area contributed by atoms with Crippen LogP contribution in [0.3, 0.4) is 0 Å². The first-order chi connectivity index (χ1) is 12.8. The highest BCUT2D eigenvalue weighted by Gasteiger charge is 2.20. The van der Waals surface area contributed by atoms with Gasteiger partial charge < -0.3 is 9.64 Å². The van der Waals surface area contributed by atoms with Gasteiger partial charge in [0.15, 0.2) is 0 Å². The van der Waals surface area contributed by atoms with Gasteiger partial charge in [-0.25, -0.2) is 0 Å². The summed E-state index contributed by atoms with van der Waals surface area (Å²) in [6, 6.07) is 4.03. The van der Waals surface area contributed by atoms with Gasteiger partial charge in [-0.15, -0.1) is 0 Å². The molecule has 0 atom stereocenters. The van der Waals surface area contributed by atoms with E-state index in [0.717, 1.165) is 58.2 Å². The van der Waals surface area contributed by atoms with Gasteiger partial charge in [0, 0.05) is 51.5 Å². The summed E-state index contributed by atoms with van der Waals surface area (Å²) in [5.74, 6) is 1.09. The Labute approximate surface area is 157 Å². The Morgan fingerprint density at radius 3 is 2.65 bits per heavy atom. The molecule has 1 aliphatic carbocycles. The highest BCUT2D eigenvalue weighted by atomic mass is 16.5. The quantitative estimate of drug-likeness (QED) is 0.680. The van der Waals surface area contributed by atoms with E-state index in [4.69, 9.17) is 4.74 Å². The van der Waals surface area contributed by atoms with Crippen LogP contribution in [0.2, 0.25) is 0 Å². The predicted octanol–water partition coefficient (Wildman–Crippen LogP) is 3.10. The van der Waals surface area contributed by atoms with Crippen molar-refractivity contribution in [3.05, 3.63) is 30.1 Å². The van der Waals surface area contributed by atoms with Crippen molar-refractivity contribution in [3.8, 4) is 0 Å². The zero-order chi connectivity index (χ0) is 18.0. The molecule has 1 saturated heterocycles. The summed E-state index contributed by atoms with van der Waals surface area (Å²) in [7, 11) is 0. The Balaban J connectivity index is 1.49. The minimum Gasteiger partial charge on any atom is -0.379 e. The van der Waals surface area contributed by atoms with Crippen LogP contribution in [0.5, 0.6) is 0 Å². The van der Waals surface area contributed by atoms with Gasteiger partial charge in [-0.1, -0.05) is 25.7 Å². The van der Waals surface area contributed by atoms with Crippen LogP contribution < -0.4 is 0 Å². The van der Waals surface area contributed by atoms with Crippen molar-refractivity contribution in [1.29, 1.82) is 0 Å². The van der Waals surface area contributed by atoms with Gasteiger partial charge in [-0.05, 0) is 36.5 Å². The highest BCUT2D eigenvalue weighted by molar-refractivity contribution is 5.76. The van der Waals surface area contributed by atoms with Crippen molar-refractivity contribution in [2.45, 2.75) is 51.5 Å². The number of morpholine rings is 1. The highest BCUT2D eigenvalue weighted by Crippen LogP contribution is 2.28. The van der Waals surface area contributed by atoms with Crippen LogP contribution in [0.25, 0.3) is 0 Å². The first-order valence-electron chi connectivity index (χ1n) is 10.3. The maximum absolute atomic E-state index is 12.9. The molecule has 144 valence electrons. The van der Waals surface area contributed by atoms with E-state index >= 15 is 0 Å². The van der Waals surface area contributed by atoms with Crippen LogP contribution in [0.1, 0.15) is 50.5 Å². The molecule has 0 radical (unpaired) electrons. The fourth-order valence-corrected chi connectivity index (χ4v) is 4.10. The molecule has 0 N–H and O–H groups in total. The van der Waals surface area contributed by atoms with Crippen LogP contribution in [-0.2, 0) is 16.1 Å². The first-order valence-corrected chi connectivity index (χ1v) is 10.3. The monoisotopic (exact) mass is 359 g/mol. The molecule has 1 aliphatic heterocycles. The van der Waals surface area contributed by atoms with E-state index in [1.54, 1.807) is 0 Å². The number of carbonyl (C=O) groups is 1. The van der Waals surface area contributed by atoms with Crippen molar-refractivity contribution in [1.82, 2.24) is 14.8 Å². The van der Waals surface area contributed by atoms with Crippen molar-refractivity contribution in [2.24, 2.45) is 5.92 Å². The molecule has 0 bridgehead atoms. The van der Waals surface area contributed by atoms with E-state index in [1.165, 1.54) is 31.2 Å². The molecule has 26 heavy (non-hydrogen) atoms. The summed E-state index contributed by atoms with van der Waals surface area (Å²) in [6.07, 6.45) is 11.7. The number of rotatable bonds is 9. The molecule has 1 aromatic rings. The van der Waals surface area contributed by atoms with Crippen molar-refractivity contribution >= 4 is 5.91 Å². The van der Waals surface area contributed by atoms with Gasteiger partial charge in [-0.2, -0.15) is 0 Å². The summed E-state index contributed by atoms with van der Waals surface area (Å²) < 4.78 is 5.41. The average Bonchev–Trinajstić information content (AvgIpc) is 3.21. The molecule has 0 spiro atoms. The topological polar surface area (TPSA) is 45.7 Å². The number of hydrogen-bond acceptors (Lipinski definition) is 4. The van der Waals surface area contributed by atoms with Gasteiger partial charge in [0.25, 0.3) is 0 Å². The second-order valence-corrected chi connectivity index (χ2v) is 7.67.